The first-order chi connectivity index (χ1) is 8.13. The van der Waals surface area contributed by atoms with Crippen LogP contribution in [0, 0.1) is 17.7 Å². The monoisotopic (exact) mass is 238 g/mol. The second kappa shape index (κ2) is 7.41. The van der Waals surface area contributed by atoms with Gasteiger partial charge >= 0.3 is 0 Å². The minimum absolute atomic E-state index is 0.167. The van der Waals surface area contributed by atoms with E-state index in [1.807, 2.05) is 13.1 Å². The van der Waals surface area contributed by atoms with Crippen LogP contribution in [0.5, 0.6) is 0 Å². The van der Waals surface area contributed by atoms with Crippen molar-refractivity contribution in [3.8, 4) is 0 Å². The molecule has 17 heavy (non-hydrogen) atoms. The molecule has 0 aliphatic rings. The zero-order valence-corrected chi connectivity index (χ0v) is 11.0. The second-order valence-electron chi connectivity index (χ2n) is 4.82. The molecule has 0 spiro atoms. The molecular formula is C14H23FN2. The Morgan fingerprint density at radius 3 is 2.59 bits per heavy atom. The molecule has 1 unspecified atom stereocenters. The molecule has 0 amide bonds. The molecule has 0 saturated carbocycles. The van der Waals surface area contributed by atoms with Crippen molar-refractivity contribution in [2.24, 2.45) is 11.8 Å². The van der Waals surface area contributed by atoms with Crippen molar-refractivity contribution in [2.75, 3.05) is 20.1 Å². The summed E-state index contributed by atoms with van der Waals surface area (Å²) in [6.07, 6.45) is 0. The molecule has 2 nitrogen and oxygen atoms in total. The average molecular weight is 238 g/mol. The van der Waals surface area contributed by atoms with Gasteiger partial charge in [-0.15, -0.1) is 0 Å². The van der Waals surface area contributed by atoms with E-state index in [1.54, 1.807) is 12.1 Å². The van der Waals surface area contributed by atoms with E-state index >= 15 is 0 Å². The van der Waals surface area contributed by atoms with Crippen LogP contribution in [-0.2, 0) is 6.54 Å². The van der Waals surface area contributed by atoms with Crippen LogP contribution in [0.1, 0.15) is 19.4 Å². The van der Waals surface area contributed by atoms with Crippen LogP contribution in [0.4, 0.5) is 4.39 Å². The van der Waals surface area contributed by atoms with Gasteiger partial charge in [-0.3, -0.25) is 0 Å². The summed E-state index contributed by atoms with van der Waals surface area (Å²) in [6.45, 7) is 7.14. The van der Waals surface area contributed by atoms with Crippen molar-refractivity contribution in [3.05, 3.63) is 35.6 Å². The highest BCUT2D eigenvalue weighted by Gasteiger charge is 2.11. The fraction of sp³-hybridized carbons (Fsp3) is 0.571. The summed E-state index contributed by atoms with van der Waals surface area (Å²) in [4.78, 5) is 0. The molecule has 3 heteroatoms. The van der Waals surface area contributed by atoms with Gasteiger partial charge in [-0.2, -0.15) is 0 Å². The first-order valence-electron chi connectivity index (χ1n) is 6.23. The molecule has 0 heterocycles. The summed E-state index contributed by atoms with van der Waals surface area (Å²) in [6, 6.07) is 6.75. The molecule has 0 fully saturated rings. The summed E-state index contributed by atoms with van der Waals surface area (Å²) < 4.78 is 13.0. The average Bonchev–Trinajstić information content (AvgIpc) is 2.28. The van der Waals surface area contributed by atoms with Crippen molar-refractivity contribution in [1.29, 1.82) is 0 Å². The highest BCUT2D eigenvalue weighted by atomic mass is 19.1. The molecule has 0 bridgehead atoms. The minimum Gasteiger partial charge on any atom is -0.319 e. The van der Waals surface area contributed by atoms with Gasteiger partial charge in [-0.05, 0) is 49.7 Å². The lowest BCUT2D eigenvalue weighted by Gasteiger charge is -2.21. The molecule has 0 aromatic heterocycles. The van der Waals surface area contributed by atoms with Crippen LogP contribution in [-0.4, -0.2) is 20.1 Å². The molecule has 1 aromatic rings. The lowest BCUT2D eigenvalue weighted by molar-refractivity contribution is 0.352. The third kappa shape index (κ3) is 5.29. The summed E-state index contributed by atoms with van der Waals surface area (Å²) >= 11 is 0. The minimum atomic E-state index is -0.167. The molecule has 0 saturated heterocycles. The van der Waals surface area contributed by atoms with Crippen LogP contribution in [0.3, 0.4) is 0 Å². The summed E-state index contributed by atoms with van der Waals surface area (Å²) in [5, 5.41) is 6.60. The van der Waals surface area contributed by atoms with E-state index in [4.69, 9.17) is 0 Å². The predicted molar refractivity (Wildman–Crippen MR) is 70.4 cm³/mol. The van der Waals surface area contributed by atoms with Gasteiger partial charge in [0.1, 0.15) is 5.82 Å². The van der Waals surface area contributed by atoms with Crippen LogP contribution in [0.25, 0.3) is 0 Å². The fourth-order valence-corrected chi connectivity index (χ4v) is 1.85. The third-order valence-corrected chi connectivity index (χ3v) is 3.03. The van der Waals surface area contributed by atoms with Crippen molar-refractivity contribution in [2.45, 2.75) is 20.4 Å². The van der Waals surface area contributed by atoms with E-state index < -0.39 is 0 Å². The topological polar surface area (TPSA) is 24.1 Å². The Morgan fingerprint density at radius 1 is 1.24 bits per heavy atom. The molecule has 1 rings (SSSR count). The second-order valence-corrected chi connectivity index (χ2v) is 4.82. The maximum atomic E-state index is 13.0. The van der Waals surface area contributed by atoms with Gasteiger partial charge in [-0.25, -0.2) is 4.39 Å². The molecule has 0 aliphatic carbocycles. The van der Waals surface area contributed by atoms with Crippen LogP contribution in [0.2, 0.25) is 0 Å². The summed E-state index contributed by atoms with van der Waals surface area (Å²) in [5.41, 5.74) is 0.997. The maximum Gasteiger partial charge on any atom is 0.123 e. The quantitative estimate of drug-likeness (QED) is 0.762. The van der Waals surface area contributed by atoms with E-state index in [0.29, 0.717) is 11.8 Å². The number of nitrogens with one attached hydrogen (secondary N) is 2. The van der Waals surface area contributed by atoms with Crippen molar-refractivity contribution < 1.29 is 4.39 Å². The Kier molecular flexibility index (Phi) is 6.16. The van der Waals surface area contributed by atoms with Gasteiger partial charge in [0.15, 0.2) is 0 Å². The molecule has 0 radical (unpaired) electrons. The zero-order valence-electron chi connectivity index (χ0n) is 11.0. The number of halogens is 1. The molecule has 0 aliphatic heterocycles. The molecule has 1 aromatic carbocycles. The normalized spacial score (nSPS) is 13.0. The first kappa shape index (κ1) is 14.1. The van der Waals surface area contributed by atoms with Gasteiger partial charge < -0.3 is 10.6 Å². The first-order valence-corrected chi connectivity index (χ1v) is 6.23. The maximum absolute atomic E-state index is 13.0. The van der Waals surface area contributed by atoms with Crippen LogP contribution in [0.15, 0.2) is 24.3 Å². The van der Waals surface area contributed by atoms with E-state index in [1.165, 1.54) is 6.07 Å². The Bertz CT molecular complexity index is 326. The number of hydrogen-bond donors (Lipinski definition) is 2. The Morgan fingerprint density at radius 2 is 2.00 bits per heavy atom. The van der Waals surface area contributed by atoms with E-state index in [0.717, 1.165) is 25.2 Å². The van der Waals surface area contributed by atoms with E-state index in [9.17, 15) is 4.39 Å². The standard InChI is InChI=1S/C14H23FN2/c1-11(2)13(9-16-3)10-17-8-12-5-4-6-14(15)7-12/h4-7,11,13,16-17H,8-10H2,1-3H3. The highest BCUT2D eigenvalue weighted by molar-refractivity contribution is 5.15. The van der Waals surface area contributed by atoms with Gasteiger partial charge in [0, 0.05) is 6.54 Å². The number of benzene rings is 1. The van der Waals surface area contributed by atoms with E-state index in [2.05, 4.69) is 24.5 Å². The highest BCUT2D eigenvalue weighted by Crippen LogP contribution is 2.09. The third-order valence-electron chi connectivity index (χ3n) is 3.03. The molecule has 2 N–H and O–H groups in total. The molecule has 96 valence electrons. The molecular weight excluding hydrogens is 215 g/mol. The predicted octanol–water partition coefficient (Wildman–Crippen LogP) is 2.41. The van der Waals surface area contributed by atoms with Gasteiger partial charge in [0.2, 0.25) is 0 Å². The number of rotatable bonds is 7. The smallest absolute Gasteiger partial charge is 0.123 e. The zero-order chi connectivity index (χ0) is 12.7. The largest absolute Gasteiger partial charge is 0.319 e. The summed E-state index contributed by atoms with van der Waals surface area (Å²) in [7, 11) is 1.97. The Balaban J connectivity index is 2.35. The van der Waals surface area contributed by atoms with Gasteiger partial charge in [0.05, 0.1) is 0 Å². The van der Waals surface area contributed by atoms with Crippen LogP contribution >= 0.6 is 0 Å². The van der Waals surface area contributed by atoms with Gasteiger partial charge in [-0.1, -0.05) is 26.0 Å². The van der Waals surface area contributed by atoms with Crippen LogP contribution < -0.4 is 10.6 Å². The van der Waals surface area contributed by atoms with Crippen molar-refractivity contribution in [3.63, 3.8) is 0 Å². The Labute approximate surface area is 104 Å². The molecule has 1 atom stereocenters. The van der Waals surface area contributed by atoms with E-state index in [-0.39, 0.29) is 5.82 Å². The lowest BCUT2D eigenvalue weighted by Crippen LogP contribution is -2.32. The van der Waals surface area contributed by atoms with Crippen molar-refractivity contribution in [1.82, 2.24) is 10.6 Å². The fourth-order valence-electron chi connectivity index (χ4n) is 1.85. The van der Waals surface area contributed by atoms with Crippen molar-refractivity contribution >= 4 is 0 Å². The number of hydrogen-bond acceptors (Lipinski definition) is 2. The SMILES string of the molecule is CNCC(CNCc1cccc(F)c1)C(C)C. The lowest BCUT2D eigenvalue weighted by atomic mass is 9.96. The summed E-state index contributed by atoms with van der Waals surface area (Å²) in [5.74, 6) is 1.08. The van der Waals surface area contributed by atoms with Gasteiger partial charge in [0.25, 0.3) is 0 Å². The Hall–Kier alpha value is -0.930.